The first-order chi connectivity index (χ1) is 13.3. The van der Waals surface area contributed by atoms with Gasteiger partial charge in [-0.1, -0.05) is 74.9 Å². The quantitative estimate of drug-likeness (QED) is 0.446. The molecule has 0 unspecified atom stereocenters. The van der Waals surface area contributed by atoms with Crippen LogP contribution in [0.25, 0.3) is 20.7 Å². The van der Waals surface area contributed by atoms with Crippen LogP contribution in [-0.2, 0) is 12.0 Å². The van der Waals surface area contributed by atoms with Gasteiger partial charge in [0.15, 0.2) is 0 Å². The van der Waals surface area contributed by atoms with Crippen LogP contribution in [0.5, 0.6) is 0 Å². The zero-order valence-electron chi connectivity index (χ0n) is 16.7. The molecular formula is C24H24N2OS. The highest BCUT2D eigenvalue weighted by Gasteiger charge is 2.15. The molecule has 2 aromatic carbocycles. The molecule has 4 rings (SSSR count). The minimum atomic E-state index is -0.155. The van der Waals surface area contributed by atoms with E-state index in [9.17, 15) is 4.79 Å². The summed E-state index contributed by atoms with van der Waals surface area (Å²) in [4.78, 5) is 17.5. The SMILES string of the molecule is Cc1ccc(Cn2cnc(=O)c3sc(-c4ccc(C(C)(C)C)cc4)cc32)cc1. The van der Waals surface area contributed by atoms with Gasteiger partial charge in [0.1, 0.15) is 4.70 Å². The Hall–Kier alpha value is -2.72. The van der Waals surface area contributed by atoms with E-state index in [2.05, 4.69) is 91.8 Å². The van der Waals surface area contributed by atoms with Crippen LogP contribution < -0.4 is 5.56 Å². The van der Waals surface area contributed by atoms with Crippen molar-refractivity contribution in [3.8, 4) is 10.4 Å². The fourth-order valence-corrected chi connectivity index (χ4v) is 4.35. The highest BCUT2D eigenvalue weighted by molar-refractivity contribution is 7.22. The first-order valence-corrected chi connectivity index (χ1v) is 10.3. The van der Waals surface area contributed by atoms with E-state index in [-0.39, 0.29) is 11.0 Å². The summed E-state index contributed by atoms with van der Waals surface area (Å²) in [6.07, 6.45) is 1.66. The molecule has 0 spiro atoms. The lowest BCUT2D eigenvalue weighted by atomic mass is 9.86. The van der Waals surface area contributed by atoms with Crippen LogP contribution in [0.15, 0.2) is 65.7 Å². The maximum Gasteiger partial charge on any atom is 0.290 e. The molecule has 0 bridgehead atoms. The molecule has 3 nitrogen and oxygen atoms in total. The molecule has 0 N–H and O–H groups in total. The number of hydrogen-bond acceptors (Lipinski definition) is 3. The molecule has 4 heteroatoms. The van der Waals surface area contributed by atoms with Crippen LogP contribution in [0, 0.1) is 6.92 Å². The van der Waals surface area contributed by atoms with Crippen LogP contribution in [-0.4, -0.2) is 9.55 Å². The van der Waals surface area contributed by atoms with Gasteiger partial charge in [0.2, 0.25) is 0 Å². The van der Waals surface area contributed by atoms with Crippen molar-refractivity contribution in [1.29, 1.82) is 0 Å². The van der Waals surface area contributed by atoms with Gasteiger partial charge in [-0.2, -0.15) is 4.98 Å². The summed E-state index contributed by atoms with van der Waals surface area (Å²) < 4.78 is 2.77. The van der Waals surface area contributed by atoms with Gasteiger partial charge in [-0.3, -0.25) is 4.79 Å². The average molecular weight is 389 g/mol. The summed E-state index contributed by atoms with van der Waals surface area (Å²) in [5, 5.41) is 0. The molecule has 0 saturated carbocycles. The second kappa shape index (κ2) is 7.02. The summed E-state index contributed by atoms with van der Waals surface area (Å²) in [6.45, 7) is 9.42. The Labute approximate surface area is 169 Å². The molecule has 2 heterocycles. The smallest absolute Gasteiger partial charge is 0.290 e. The second-order valence-electron chi connectivity index (χ2n) is 8.32. The van der Waals surface area contributed by atoms with Crippen LogP contribution in [0.3, 0.4) is 0 Å². The standard InChI is InChI=1S/C24H24N2OS/c1-16-5-7-17(8-6-16)14-26-15-25-23(27)22-20(26)13-21(28-22)18-9-11-19(12-10-18)24(2,3)4/h5-13,15H,14H2,1-4H3. The summed E-state index contributed by atoms with van der Waals surface area (Å²) >= 11 is 1.52. The van der Waals surface area contributed by atoms with E-state index in [0.717, 1.165) is 16.0 Å². The third kappa shape index (κ3) is 3.65. The van der Waals surface area contributed by atoms with Crippen molar-refractivity contribution < 1.29 is 0 Å². The molecular weight excluding hydrogens is 364 g/mol. The number of thiophene rings is 1. The van der Waals surface area contributed by atoms with E-state index in [4.69, 9.17) is 0 Å². The summed E-state index contributed by atoms with van der Waals surface area (Å²) in [5.74, 6) is 0. The number of fused-ring (bicyclic) bond motifs is 1. The second-order valence-corrected chi connectivity index (χ2v) is 9.37. The molecule has 0 aliphatic rings. The lowest BCUT2D eigenvalue weighted by molar-refractivity contribution is 0.590. The van der Waals surface area contributed by atoms with E-state index in [1.165, 1.54) is 28.0 Å². The number of aryl methyl sites for hydroxylation is 1. The van der Waals surface area contributed by atoms with Crippen LogP contribution >= 0.6 is 11.3 Å². The van der Waals surface area contributed by atoms with Gasteiger partial charge in [-0.05, 0) is 35.1 Å². The zero-order valence-corrected chi connectivity index (χ0v) is 17.5. The molecule has 2 aromatic heterocycles. The molecule has 28 heavy (non-hydrogen) atoms. The van der Waals surface area contributed by atoms with Crippen molar-refractivity contribution in [1.82, 2.24) is 9.55 Å². The molecule has 0 aliphatic heterocycles. The molecule has 0 saturated heterocycles. The maximum absolute atomic E-state index is 12.3. The number of benzene rings is 2. The largest absolute Gasteiger partial charge is 0.326 e. The number of aromatic nitrogens is 2. The van der Waals surface area contributed by atoms with Gasteiger partial charge in [0.25, 0.3) is 5.56 Å². The fourth-order valence-electron chi connectivity index (χ4n) is 3.28. The highest BCUT2D eigenvalue weighted by Crippen LogP contribution is 2.33. The van der Waals surface area contributed by atoms with Crippen molar-refractivity contribution in [2.75, 3.05) is 0 Å². The summed E-state index contributed by atoms with van der Waals surface area (Å²) in [5.41, 5.74) is 5.79. The lowest BCUT2D eigenvalue weighted by Crippen LogP contribution is -2.11. The van der Waals surface area contributed by atoms with Gasteiger partial charge in [0, 0.05) is 11.4 Å². The third-order valence-corrected chi connectivity index (χ3v) is 6.20. The van der Waals surface area contributed by atoms with Crippen molar-refractivity contribution in [2.45, 2.75) is 39.7 Å². The van der Waals surface area contributed by atoms with Crippen LogP contribution in [0.2, 0.25) is 0 Å². The fraction of sp³-hybridized carbons (Fsp3) is 0.250. The Bertz CT molecular complexity index is 1180. The summed E-state index contributed by atoms with van der Waals surface area (Å²) in [7, 11) is 0. The molecule has 4 aromatic rings. The predicted octanol–water partition coefficient (Wildman–Crippen LogP) is 5.78. The van der Waals surface area contributed by atoms with E-state index >= 15 is 0 Å². The van der Waals surface area contributed by atoms with Crippen molar-refractivity contribution >= 4 is 21.6 Å². The lowest BCUT2D eigenvalue weighted by Gasteiger charge is -2.18. The predicted molar refractivity (Wildman–Crippen MR) is 118 cm³/mol. The molecule has 0 radical (unpaired) electrons. The van der Waals surface area contributed by atoms with Gasteiger partial charge < -0.3 is 4.57 Å². The minimum absolute atomic E-state index is 0.127. The van der Waals surface area contributed by atoms with Gasteiger partial charge in [0.05, 0.1) is 11.8 Å². The van der Waals surface area contributed by atoms with Crippen LogP contribution in [0.1, 0.15) is 37.5 Å². The monoisotopic (exact) mass is 388 g/mol. The van der Waals surface area contributed by atoms with E-state index in [1.807, 2.05) is 0 Å². The van der Waals surface area contributed by atoms with E-state index in [0.29, 0.717) is 11.2 Å². The third-order valence-electron chi connectivity index (χ3n) is 5.04. The molecule has 0 atom stereocenters. The van der Waals surface area contributed by atoms with Gasteiger partial charge in [-0.25, -0.2) is 0 Å². The van der Waals surface area contributed by atoms with Crippen LogP contribution in [0.4, 0.5) is 0 Å². The van der Waals surface area contributed by atoms with E-state index in [1.54, 1.807) is 6.33 Å². The van der Waals surface area contributed by atoms with E-state index < -0.39 is 0 Å². The first kappa shape index (κ1) is 18.6. The maximum atomic E-state index is 12.3. The average Bonchev–Trinajstić information content (AvgIpc) is 3.12. The number of rotatable bonds is 3. The molecule has 0 aliphatic carbocycles. The Balaban J connectivity index is 1.75. The van der Waals surface area contributed by atoms with Gasteiger partial charge in [-0.15, -0.1) is 11.3 Å². The summed E-state index contributed by atoms with van der Waals surface area (Å²) in [6, 6.07) is 19.2. The highest BCUT2D eigenvalue weighted by atomic mass is 32.1. The Morgan fingerprint density at radius 3 is 2.32 bits per heavy atom. The van der Waals surface area contributed by atoms with Crippen molar-refractivity contribution in [2.24, 2.45) is 0 Å². The normalized spacial score (nSPS) is 11.9. The van der Waals surface area contributed by atoms with Crippen molar-refractivity contribution in [3.63, 3.8) is 0 Å². The van der Waals surface area contributed by atoms with Gasteiger partial charge >= 0.3 is 0 Å². The molecule has 0 fully saturated rings. The topological polar surface area (TPSA) is 34.9 Å². The Morgan fingerprint density at radius 2 is 1.68 bits per heavy atom. The van der Waals surface area contributed by atoms with Crippen molar-refractivity contribution in [3.05, 3.63) is 88.0 Å². The number of hydrogen-bond donors (Lipinski definition) is 0. The minimum Gasteiger partial charge on any atom is -0.326 e. The first-order valence-electron chi connectivity index (χ1n) is 9.47. The zero-order chi connectivity index (χ0) is 19.9. The molecule has 0 amide bonds. The Kier molecular flexibility index (Phi) is 4.68. The molecule has 142 valence electrons. The number of nitrogens with zero attached hydrogens (tertiary/aromatic N) is 2. The Morgan fingerprint density at radius 1 is 1.00 bits per heavy atom.